The van der Waals surface area contributed by atoms with Crippen molar-refractivity contribution in [3.8, 4) is 0 Å². The van der Waals surface area contributed by atoms with Gasteiger partial charge in [0.2, 0.25) is 0 Å². The van der Waals surface area contributed by atoms with Crippen molar-refractivity contribution in [2.75, 3.05) is 26.2 Å². The predicted octanol–water partition coefficient (Wildman–Crippen LogP) is 4.91. The normalized spacial score (nSPS) is 16.6. The molecule has 2 aromatic rings. The zero-order valence-electron chi connectivity index (χ0n) is 13.5. The van der Waals surface area contributed by atoms with E-state index < -0.39 is 0 Å². The van der Waals surface area contributed by atoms with E-state index in [1.807, 2.05) is 0 Å². The fourth-order valence-electron chi connectivity index (χ4n) is 3.32. The van der Waals surface area contributed by atoms with Crippen LogP contribution in [0, 0.1) is 0 Å². The number of hydrogen-bond acceptors (Lipinski definition) is 2. The van der Waals surface area contributed by atoms with E-state index in [4.69, 9.17) is 0 Å². The summed E-state index contributed by atoms with van der Waals surface area (Å²) in [6.07, 6.45) is 6.01. The second-order valence-electron chi connectivity index (χ2n) is 5.88. The van der Waals surface area contributed by atoms with Gasteiger partial charge in [-0.15, -0.1) is 24.8 Å². The zero-order chi connectivity index (χ0) is 14.7. The molecule has 0 radical (unpaired) electrons. The monoisotopic (exact) mass is 421 g/mol. The number of nitrogens with zero attached hydrogens (tertiary/aromatic N) is 1. The van der Waals surface area contributed by atoms with Gasteiger partial charge in [-0.1, -0.05) is 35.7 Å². The van der Waals surface area contributed by atoms with Crippen molar-refractivity contribution in [2.45, 2.75) is 32.2 Å². The molecule has 1 aromatic carbocycles. The number of aromatic nitrogens is 1. The molecule has 2 heterocycles. The van der Waals surface area contributed by atoms with Gasteiger partial charge in [-0.2, -0.15) is 0 Å². The summed E-state index contributed by atoms with van der Waals surface area (Å²) in [6.45, 7) is 6.79. The van der Waals surface area contributed by atoms with E-state index in [0.717, 1.165) is 30.7 Å². The molecule has 6 heteroatoms. The third-order valence-electron chi connectivity index (χ3n) is 4.46. The highest BCUT2D eigenvalue weighted by atomic mass is 79.9. The first kappa shape index (κ1) is 20.8. The van der Waals surface area contributed by atoms with Crippen LogP contribution in [0.4, 0.5) is 0 Å². The molecule has 0 aliphatic carbocycles. The first-order valence-corrected chi connectivity index (χ1v) is 8.80. The van der Waals surface area contributed by atoms with E-state index in [-0.39, 0.29) is 24.8 Å². The summed E-state index contributed by atoms with van der Waals surface area (Å²) in [4.78, 5) is 6.10. The van der Waals surface area contributed by atoms with Crippen LogP contribution in [-0.4, -0.2) is 36.1 Å². The Bertz CT molecular complexity index is 597. The summed E-state index contributed by atoms with van der Waals surface area (Å²) in [5.41, 5.74) is 2.70. The number of hydrogen-bond donors (Lipinski definition) is 2. The minimum Gasteiger partial charge on any atom is -0.361 e. The Hall–Kier alpha value is -0.260. The van der Waals surface area contributed by atoms with Crippen LogP contribution < -0.4 is 5.32 Å². The van der Waals surface area contributed by atoms with Gasteiger partial charge in [0.25, 0.3) is 0 Å². The lowest BCUT2D eigenvalue weighted by Gasteiger charge is -2.35. The number of rotatable bonds is 5. The van der Waals surface area contributed by atoms with Crippen LogP contribution in [0.2, 0.25) is 0 Å². The Balaban J connectivity index is 0.00000132. The van der Waals surface area contributed by atoms with Crippen LogP contribution in [0.15, 0.2) is 28.9 Å². The Morgan fingerprint density at radius 2 is 1.96 bits per heavy atom. The van der Waals surface area contributed by atoms with Gasteiger partial charge < -0.3 is 10.3 Å². The van der Waals surface area contributed by atoms with Crippen molar-refractivity contribution >= 4 is 51.6 Å². The van der Waals surface area contributed by atoms with Crippen molar-refractivity contribution in [2.24, 2.45) is 0 Å². The minimum absolute atomic E-state index is 0. The number of nitrogens with one attached hydrogen (secondary N) is 2. The van der Waals surface area contributed by atoms with Gasteiger partial charge in [0, 0.05) is 53.8 Å². The van der Waals surface area contributed by atoms with Gasteiger partial charge in [0.1, 0.15) is 0 Å². The first-order chi connectivity index (χ1) is 10.3. The van der Waals surface area contributed by atoms with Crippen molar-refractivity contribution in [1.29, 1.82) is 0 Å². The smallest absolute Gasteiger partial charge is 0.0458 e. The van der Waals surface area contributed by atoms with Gasteiger partial charge >= 0.3 is 0 Å². The number of benzene rings is 1. The molecule has 1 aromatic heterocycles. The summed E-state index contributed by atoms with van der Waals surface area (Å²) in [5.74, 6) is 0. The molecule has 3 rings (SSSR count). The van der Waals surface area contributed by atoms with E-state index in [9.17, 15) is 0 Å². The second-order valence-corrected chi connectivity index (χ2v) is 6.79. The van der Waals surface area contributed by atoms with Crippen LogP contribution in [0.3, 0.4) is 0 Å². The topological polar surface area (TPSA) is 31.1 Å². The Labute approximate surface area is 159 Å². The molecular formula is C17H26BrCl2N3. The van der Waals surface area contributed by atoms with Gasteiger partial charge in [-0.05, 0) is 30.2 Å². The molecule has 1 fully saturated rings. The first-order valence-electron chi connectivity index (χ1n) is 8.01. The summed E-state index contributed by atoms with van der Waals surface area (Å²) in [6, 6.07) is 7.06. The van der Waals surface area contributed by atoms with Gasteiger partial charge in [-0.25, -0.2) is 0 Å². The van der Waals surface area contributed by atoms with Gasteiger partial charge in [0.15, 0.2) is 0 Å². The van der Waals surface area contributed by atoms with E-state index in [1.165, 1.54) is 35.7 Å². The molecule has 1 aliphatic heterocycles. The standard InChI is InChI=1S/C17H24BrN3.2ClH/c1-2-3-4-17(21-9-7-19-8-10-21)15-12-20-16-6-5-13(18)11-14(15)16;;/h5-6,11-12,17,19-20H,2-4,7-10H2,1H3;2*1H/t17-;;/m1../s1. The molecule has 2 N–H and O–H groups in total. The van der Waals surface area contributed by atoms with Crippen LogP contribution >= 0.6 is 40.7 Å². The van der Waals surface area contributed by atoms with Crippen LogP contribution in [0.5, 0.6) is 0 Å². The van der Waals surface area contributed by atoms with E-state index in [1.54, 1.807) is 0 Å². The van der Waals surface area contributed by atoms with Gasteiger partial charge in [0.05, 0.1) is 0 Å². The third-order valence-corrected chi connectivity index (χ3v) is 4.95. The molecule has 130 valence electrons. The summed E-state index contributed by atoms with van der Waals surface area (Å²) in [5, 5.41) is 4.83. The lowest BCUT2D eigenvalue weighted by Crippen LogP contribution is -2.45. The van der Waals surface area contributed by atoms with Crippen LogP contribution in [-0.2, 0) is 0 Å². The maximum absolute atomic E-state index is 3.61. The van der Waals surface area contributed by atoms with E-state index in [0.29, 0.717) is 6.04 Å². The molecule has 23 heavy (non-hydrogen) atoms. The minimum atomic E-state index is 0. The maximum atomic E-state index is 3.61. The molecule has 1 atom stereocenters. The Kier molecular flexibility index (Phi) is 8.94. The van der Waals surface area contributed by atoms with Crippen LogP contribution in [0.1, 0.15) is 37.8 Å². The lowest BCUT2D eigenvalue weighted by molar-refractivity contribution is 0.164. The lowest BCUT2D eigenvalue weighted by atomic mass is 9.98. The molecule has 0 unspecified atom stereocenters. The average molecular weight is 423 g/mol. The van der Waals surface area contributed by atoms with Gasteiger partial charge in [-0.3, -0.25) is 4.90 Å². The molecule has 1 saturated heterocycles. The van der Waals surface area contributed by atoms with Crippen molar-refractivity contribution < 1.29 is 0 Å². The van der Waals surface area contributed by atoms with E-state index in [2.05, 4.69) is 62.5 Å². The number of halogens is 3. The molecule has 0 spiro atoms. The molecule has 3 nitrogen and oxygen atoms in total. The highest BCUT2D eigenvalue weighted by Gasteiger charge is 2.24. The van der Waals surface area contributed by atoms with Crippen molar-refractivity contribution in [3.63, 3.8) is 0 Å². The number of aromatic amines is 1. The predicted molar refractivity (Wildman–Crippen MR) is 107 cm³/mol. The van der Waals surface area contributed by atoms with Crippen molar-refractivity contribution in [1.82, 2.24) is 15.2 Å². The number of H-pyrrole nitrogens is 1. The molecule has 0 bridgehead atoms. The molecular weight excluding hydrogens is 397 g/mol. The number of piperazine rings is 1. The molecule has 0 amide bonds. The maximum Gasteiger partial charge on any atom is 0.0458 e. The Morgan fingerprint density at radius 3 is 2.65 bits per heavy atom. The fraction of sp³-hybridized carbons (Fsp3) is 0.529. The average Bonchev–Trinajstić information content (AvgIpc) is 2.92. The van der Waals surface area contributed by atoms with Crippen LogP contribution in [0.25, 0.3) is 10.9 Å². The largest absolute Gasteiger partial charge is 0.361 e. The summed E-state index contributed by atoms with van der Waals surface area (Å²) < 4.78 is 1.16. The zero-order valence-corrected chi connectivity index (χ0v) is 16.7. The summed E-state index contributed by atoms with van der Waals surface area (Å²) >= 11 is 3.61. The SMILES string of the molecule is CCCC[C@H](c1c[nH]c2ccc(Br)cc12)N1CCNCC1.Cl.Cl. The fourth-order valence-corrected chi connectivity index (χ4v) is 3.68. The quantitative estimate of drug-likeness (QED) is 0.716. The van der Waals surface area contributed by atoms with Crippen molar-refractivity contribution in [3.05, 3.63) is 34.4 Å². The highest BCUT2D eigenvalue weighted by molar-refractivity contribution is 9.10. The van der Waals surface area contributed by atoms with E-state index >= 15 is 0 Å². The highest BCUT2D eigenvalue weighted by Crippen LogP contribution is 2.33. The molecule has 0 saturated carbocycles. The molecule has 1 aliphatic rings. The second kappa shape index (κ2) is 9.90. The third kappa shape index (κ3) is 4.86. The number of fused-ring (bicyclic) bond motifs is 1. The summed E-state index contributed by atoms with van der Waals surface area (Å²) in [7, 11) is 0. The Morgan fingerprint density at radius 1 is 1.22 bits per heavy atom. The number of unbranched alkanes of at least 4 members (excludes halogenated alkanes) is 1.